The van der Waals surface area contributed by atoms with Gasteiger partial charge in [0.25, 0.3) is 5.91 Å². The van der Waals surface area contributed by atoms with E-state index >= 15 is 0 Å². The Labute approximate surface area is 167 Å². The van der Waals surface area contributed by atoms with Crippen molar-refractivity contribution in [3.63, 3.8) is 0 Å². The van der Waals surface area contributed by atoms with Gasteiger partial charge in [-0.15, -0.1) is 0 Å². The van der Waals surface area contributed by atoms with Gasteiger partial charge in [0.1, 0.15) is 11.5 Å². The highest BCUT2D eigenvalue weighted by molar-refractivity contribution is 7.91. The van der Waals surface area contributed by atoms with E-state index in [0.717, 1.165) is 0 Å². The summed E-state index contributed by atoms with van der Waals surface area (Å²) in [5, 5.41) is 6.85. The Morgan fingerprint density at radius 2 is 1.72 bits per heavy atom. The number of aromatic nitrogens is 2. The smallest absolute Gasteiger partial charge is 0.272 e. The monoisotopic (exact) mass is 420 g/mol. The predicted molar refractivity (Wildman–Crippen MR) is 103 cm³/mol. The second kappa shape index (κ2) is 7.58. The van der Waals surface area contributed by atoms with Crippen molar-refractivity contribution >= 4 is 21.7 Å². The van der Waals surface area contributed by atoms with Crippen LogP contribution in [-0.2, 0) is 14.6 Å². The van der Waals surface area contributed by atoms with Crippen LogP contribution in [0, 0.1) is 11.7 Å². The highest BCUT2D eigenvalue weighted by Gasteiger charge is 2.36. The van der Waals surface area contributed by atoms with Crippen molar-refractivity contribution in [3.8, 4) is 11.3 Å². The van der Waals surface area contributed by atoms with E-state index < -0.39 is 15.8 Å². The van der Waals surface area contributed by atoms with E-state index in [-0.39, 0.29) is 29.1 Å². The number of carbonyl (C=O) groups excluding carboxylic acids is 2. The molecule has 0 spiro atoms. The van der Waals surface area contributed by atoms with Crippen LogP contribution in [0.5, 0.6) is 0 Å². The fourth-order valence-electron chi connectivity index (χ4n) is 3.75. The number of aromatic amines is 1. The first-order chi connectivity index (χ1) is 13.8. The second-order valence-corrected chi connectivity index (χ2v) is 9.62. The molecular weight excluding hydrogens is 399 g/mol. The van der Waals surface area contributed by atoms with Crippen LogP contribution in [0.2, 0.25) is 0 Å². The lowest BCUT2D eigenvalue weighted by Crippen LogP contribution is -2.52. The van der Waals surface area contributed by atoms with Crippen LogP contribution in [0.3, 0.4) is 0 Å². The highest BCUT2D eigenvalue weighted by atomic mass is 32.2. The maximum Gasteiger partial charge on any atom is 0.272 e. The molecule has 1 N–H and O–H groups in total. The minimum absolute atomic E-state index is 0.0675. The number of benzene rings is 1. The number of sulfone groups is 1. The number of H-pyrrole nitrogens is 1. The topological polar surface area (TPSA) is 103 Å². The number of hydrogen-bond acceptors (Lipinski definition) is 5. The molecule has 0 unspecified atom stereocenters. The van der Waals surface area contributed by atoms with Gasteiger partial charge >= 0.3 is 0 Å². The molecule has 2 aromatic rings. The Hall–Kier alpha value is -2.75. The molecule has 0 bridgehead atoms. The lowest BCUT2D eigenvalue weighted by molar-refractivity contribution is -0.136. The molecule has 29 heavy (non-hydrogen) atoms. The molecule has 2 saturated heterocycles. The molecule has 1 aromatic heterocycles. The lowest BCUT2D eigenvalue weighted by Gasteiger charge is -2.35. The number of piperazine rings is 1. The van der Waals surface area contributed by atoms with Crippen LogP contribution in [0.25, 0.3) is 11.3 Å². The van der Waals surface area contributed by atoms with E-state index in [0.29, 0.717) is 49.6 Å². The van der Waals surface area contributed by atoms with E-state index in [1.165, 1.54) is 12.1 Å². The zero-order valence-electron chi connectivity index (χ0n) is 15.7. The maximum atomic E-state index is 13.1. The van der Waals surface area contributed by atoms with Gasteiger partial charge < -0.3 is 9.80 Å². The Morgan fingerprint density at radius 1 is 1.07 bits per heavy atom. The molecule has 2 aliphatic rings. The van der Waals surface area contributed by atoms with E-state index in [1.54, 1.807) is 28.0 Å². The van der Waals surface area contributed by atoms with E-state index in [2.05, 4.69) is 10.2 Å². The van der Waals surface area contributed by atoms with Gasteiger partial charge in [0.15, 0.2) is 9.84 Å². The zero-order chi connectivity index (χ0) is 20.6. The summed E-state index contributed by atoms with van der Waals surface area (Å²) in [6.07, 6.45) is 0.376. The van der Waals surface area contributed by atoms with Gasteiger partial charge in [-0.3, -0.25) is 14.7 Å². The molecule has 8 nitrogen and oxygen atoms in total. The van der Waals surface area contributed by atoms with Crippen molar-refractivity contribution in [2.45, 2.75) is 6.42 Å². The molecule has 0 saturated carbocycles. The SMILES string of the molecule is O=C(c1cc(-c2ccc(F)cc2)n[nH]1)N1CCN(C(=O)[C@@H]2CCS(=O)(=O)C2)CC1. The first kappa shape index (κ1) is 19.6. The molecule has 10 heteroatoms. The fourth-order valence-corrected chi connectivity index (χ4v) is 5.48. The molecule has 0 radical (unpaired) electrons. The number of nitrogens with one attached hydrogen (secondary N) is 1. The zero-order valence-corrected chi connectivity index (χ0v) is 16.5. The quantitative estimate of drug-likeness (QED) is 0.796. The Bertz CT molecular complexity index is 1030. The van der Waals surface area contributed by atoms with Crippen LogP contribution >= 0.6 is 0 Å². The van der Waals surface area contributed by atoms with Crippen LogP contribution < -0.4 is 0 Å². The average Bonchev–Trinajstić information content (AvgIpc) is 3.34. The second-order valence-electron chi connectivity index (χ2n) is 7.39. The van der Waals surface area contributed by atoms with E-state index in [1.807, 2.05) is 0 Å². The summed E-state index contributed by atoms with van der Waals surface area (Å²) in [7, 11) is -3.11. The van der Waals surface area contributed by atoms with Gasteiger partial charge in [-0.2, -0.15) is 5.10 Å². The van der Waals surface area contributed by atoms with Gasteiger partial charge in [0.2, 0.25) is 5.91 Å². The summed E-state index contributed by atoms with van der Waals surface area (Å²) >= 11 is 0. The Kier molecular flexibility index (Phi) is 5.12. The van der Waals surface area contributed by atoms with Gasteiger partial charge in [0, 0.05) is 31.7 Å². The van der Waals surface area contributed by atoms with Crippen LogP contribution in [0.4, 0.5) is 4.39 Å². The summed E-state index contributed by atoms with van der Waals surface area (Å²) in [5.74, 6) is -1.18. The van der Waals surface area contributed by atoms with E-state index in [9.17, 15) is 22.4 Å². The molecular formula is C19H21FN4O4S. The molecule has 3 heterocycles. The molecule has 0 aliphatic carbocycles. The largest absolute Gasteiger partial charge is 0.339 e. The number of nitrogens with zero attached hydrogens (tertiary/aromatic N) is 3. The third-order valence-corrected chi connectivity index (χ3v) is 7.18. The minimum Gasteiger partial charge on any atom is -0.339 e. The van der Waals surface area contributed by atoms with Crippen molar-refractivity contribution in [3.05, 3.63) is 41.8 Å². The third-order valence-electron chi connectivity index (χ3n) is 5.41. The lowest BCUT2D eigenvalue weighted by atomic mass is 10.1. The van der Waals surface area contributed by atoms with Crippen molar-refractivity contribution in [2.75, 3.05) is 37.7 Å². The molecule has 2 fully saturated rings. The summed E-state index contributed by atoms with van der Waals surface area (Å²) in [6, 6.07) is 7.46. The number of halogens is 1. The van der Waals surface area contributed by atoms with Crippen molar-refractivity contribution < 1.29 is 22.4 Å². The minimum atomic E-state index is -3.11. The van der Waals surface area contributed by atoms with Gasteiger partial charge in [0.05, 0.1) is 23.1 Å². The van der Waals surface area contributed by atoms with Crippen LogP contribution in [-0.4, -0.2) is 77.9 Å². The highest BCUT2D eigenvalue weighted by Crippen LogP contribution is 2.22. The number of carbonyl (C=O) groups is 2. The number of hydrogen-bond donors (Lipinski definition) is 1. The van der Waals surface area contributed by atoms with Crippen LogP contribution in [0.1, 0.15) is 16.9 Å². The van der Waals surface area contributed by atoms with Gasteiger partial charge in [-0.25, -0.2) is 12.8 Å². The van der Waals surface area contributed by atoms with Crippen molar-refractivity contribution in [1.82, 2.24) is 20.0 Å². The Balaban J connectivity index is 1.36. The summed E-state index contributed by atoms with van der Waals surface area (Å²) < 4.78 is 36.2. The van der Waals surface area contributed by atoms with Crippen molar-refractivity contribution in [1.29, 1.82) is 0 Å². The van der Waals surface area contributed by atoms with E-state index in [4.69, 9.17) is 0 Å². The summed E-state index contributed by atoms with van der Waals surface area (Å²) in [5.41, 5.74) is 1.57. The van der Waals surface area contributed by atoms with Gasteiger partial charge in [-0.05, 0) is 36.8 Å². The fraction of sp³-hybridized carbons (Fsp3) is 0.421. The molecule has 2 amide bonds. The predicted octanol–water partition coefficient (Wildman–Crippen LogP) is 0.935. The summed E-state index contributed by atoms with van der Waals surface area (Å²) in [6.45, 7) is 1.49. The summed E-state index contributed by atoms with van der Waals surface area (Å²) in [4.78, 5) is 28.5. The standard InChI is InChI=1S/C19H21FN4O4S/c20-15-3-1-13(2-4-15)16-11-17(22-21-16)19(26)24-8-6-23(7-9-24)18(25)14-5-10-29(27,28)12-14/h1-4,11,14H,5-10,12H2,(H,21,22)/t14-/m1/s1. The van der Waals surface area contributed by atoms with Gasteiger partial charge in [-0.1, -0.05) is 0 Å². The Morgan fingerprint density at radius 3 is 2.34 bits per heavy atom. The number of rotatable bonds is 3. The molecule has 1 aromatic carbocycles. The third kappa shape index (κ3) is 4.16. The molecule has 4 rings (SSSR count). The van der Waals surface area contributed by atoms with Crippen molar-refractivity contribution in [2.24, 2.45) is 5.92 Å². The normalized spacial score (nSPS) is 21.3. The first-order valence-corrected chi connectivity index (χ1v) is 11.2. The first-order valence-electron chi connectivity index (χ1n) is 9.42. The maximum absolute atomic E-state index is 13.1. The number of amides is 2. The molecule has 2 aliphatic heterocycles. The van der Waals surface area contributed by atoms with Crippen LogP contribution in [0.15, 0.2) is 30.3 Å². The molecule has 1 atom stereocenters. The molecule has 154 valence electrons. The average molecular weight is 420 g/mol.